The van der Waals surface area contributed by atoms with Crippen LogP contribution in [0.5, 0.6) is 11.5 Å². The summed E-state index contributed by atoms with van der Waals surface area (Å²) in [7, 11) is 3.04. The Labute approximate surface area is 125 Å². The fourth-order valence-electron chi connectivity index (χ4n) is 2.18. The highest BCUT2D eigenvalue weighted by Crippen LogP contribution is 2.33. The van der Waals surface area contributed by atoms with E-state index < -0.39 is 6.43 Å². The Morgan fingerprint density at radius 2 is 1.91 bits per heavy atom. The molecule has 0 aliphatic heterocycles. The summed E-state index contributed by atoms with van der Waals surface area (Å²) in [5.74, 6) is 1.06. The van der Waals surface area contributed by atoms with Crippen molar-refractivity contribution in [3.05, 3.63) is 42.2 Å². The average Bonchev–Trinajstić information content (AvgIpc) is 3.01. The van der Waals surface area contributed by atoms with Crippen molar-refractivity contribution < 1.29 is 18.3 Å². The molecule has 0 fully saturated rings. The molecule has 0 aliphatic carbocycles. The van der Waals surface area contributed by atoms with E-state index in [0.29, 0.717) is 28.4 Å². The van der Waals surface area contributed by atoms with Crippen LogP contribution in [-0.4, -0.2) is 28.8 Å². The lowest BCUT2D eigenvalue weighted by Gasteiger charge is -2.11. The van der Waals surface area contributed by atoms with Crippen LogP contribution in [0.25, 0.3) is 16.9 Å². The smallest absolute Gasteiger partial charge is 0.280 e. The van der Waals surface area contributed by atoms with E-state index in [0.717, 1.165) is 4.52 Å². The van der Waals surface area contributed by atoms with Gasteiger partial charge in [-0.05, 0) is 24.3 Å². The molecule has 7 heteroatoms. The summed E-state index contributed by atoms with van der Waals surface area (Å²) in [5, 5.41) is 3.74. The molecule has 0 amide bonds. The van der Waals surface area contributed by atoms with Gasteiger partial charge < -0.3 is 9.47 Å². The van der Waals surface area contributed by atoms with Gasteiger partial charge in [0.25, 0.3) is 6.43 Å². The largest absolute Gasteiger partial charge is 0.493 e. The minimum atomic E-state index is -2.67. The second-order valence-corrected chi connectivity index (χ2v) is 4.48. The lowest BCUT2D eigenvalue weighted by molar-refractivity contribution is 0.143. The van der Waals surface area contributed by atoms with Crippen molar-refractivity contribution in [1.29, 1.82) is 0 Å². The fraction of sp³-hybridized carbons (Fsp3) is 0.200. The lowest BCUT2D eigenvalue weighted by Crippen LogP contribution is -2.02. The fourth-order valence-corrected chi connectivity index (χ4v) is 2.18. The van der Waals surface area contributed by atoms with E-state index in [1.807, 2.05) is 0 Å². The minimum absolute atomic E-state index is 0.240. The third-order valence-corrected chi connectivity index (χ3v) is 3.24. The number of hydrogen-bond acceptors (Lipinski definition) is 4. The highest BCUT2D eigenvalue weighted by atomic mass is 19.3. The van der Waals surface area contributed by atoms with E-state index in [-0.39, 0.29) is 5.69 Å². The van der Waals surface area contributed by atoms with Gasteiger partial charge in [-0.3, -0.25) is 0 Å². The summed E-state index contributed by atoms with van der Waals surface area (Å²) in [4.78, 5) is 4.32. The first-order valence-corrected chi connectivity index (χ1v) is 6.41. The Hall–Kier alpha value is -2.70. The van der Waals surface area contributed by atoms with Gasteiger partial charge in [0.05, 0.1) is 19.9 Å². The predicted molar refractivity (Wildman–Crippen MR) is 75.3 cm³/mol. The van der Waals surface area contributed by atoms with E-state index in [2.05, 4.69) is 16.3 Å². The van der Waals surface area contributed by atoms with Crippen molar-refractivity contribution in [1.82, 2.24) is 14.6 Å². The number of hydrogen-bond donors (Lipinski definition) is 0. The Kier molecular flexibility index (Phi) is 3.62. The van der Waals surface area contributed by atoms with E-state index in [1.165, 1.54) is 26.4 Å². The molecule has 0 spiro atoms. The van der Waals surface area contributed by atoms with Crippen molar-refractivity contribution in [3.63, 3.8) is 0 Å². The maximum atomic E-state index is 13.2. The zero-order valence-electron chi connectivity index (χ0n) is 11.9. The van der Waals surface area contributed by atoms with Crippen LogP contribution >= 0.6 is 0 Å². The number of aromatic nitrogens is 3. The number of nitrogens with zero attached hydrogens (tertiary/aromatic N) is 3. The summed E-state index contributed by atoms with van der Waals surface area (Å²) in [5.41, 5.74) is 1.11. The summed E-state index contributed by atoms with van der Waals surface area (Å²) in [6.45, 7) is 0. The van der Waals surface area contributed by atoms with Crippen molar-refractivity contribution in [2.24, 2.45) is 0 Å². The van der Waals surface area contributed by atoms with Crippen LogP contribution in [0, 0.1) is 6.20 Å². The Bertz CT molecular complexity index is 818. The van der Waals surface area contributed by atoms with Gasteiger partial charge in [-0.25, -0.2) is 18.3 Å². The molecule has 0 bridgehead atoms. The molecule has 1 aromatic carbocycles. The van der Waals surface area contributed by atoms with Gasteiger partial charge in [-0.2, -0.15) is 5.10 Å². The molecule has 0 saturated heterocycles. The van der Waals surface area contributed by atoms with Crippen molar-refractivity contribution in [2.45, 2.75) is 6.43 Å². The van der Waals surface area contributed by atoms with Crippen LogP contribution in [-0.2, 0) is 0 Å². The third kappa shape index (κ3) is 2.34. The number of benzene rings is 1. The number of ether oxygens (including phenoxy) is 2. The topological polar surface area (TPSA) is 48.7 Å². The number of fused-ring (bicyclic) bond motifs is 1. The second-order valence-electron chi connectivity index (χ2n) is 4.48. The molecular formula is C15H12F2N3O2. The Balaban J connectivity index is 2.17. The molecule has 3 rings (SSSR count). The molecule has 0 unspecified atom stereocenters. The number of methoxy groups -OCH3 is 2. The number of halogens is 2. The lowest BCUT2D eigenvalue weighted by atomic mass is 10.1. The molecule has 22 heavy (non-hydrogen) atoms. The molecule has 2 heterocycles. The van der Waals surface area contributed by atoms with Gasteiger partial charge in [-0.15, -0.1) is 0 Å². The number of rotatable bonds is 4. The second kappa shape index (κ2) is 5.59. The predicted octanol–water partition coefficient (Wildman–Crippen LogP) is 3.15. The van der Waals surface area contributed by atoms with Crippen LogP contribution in [0.3, 0.4) is 0 Å². The molecule has 113 valence electrons. The van der Waals surface area contributed by atoms with Crippen molar-refractivity contribution in [3.8, 4) is 22.8 Å². The highest BCUT2D eigenvalue weighted by Gasteiger charge is 2.16. The molecule has 0 aliphatic rings. The standard InChI is InChI=1S/C15H12F2N3O2/c1-21-12-4-3-9(7-13(12)22-2)10-8-11(15(16)17)20-14(19-10)5-6-18-20/h3-5,7-8,15H,1-2H3. The van der Waals surface area contributed by atoms with Crippen LogP contribution in [0.2, 0.25) is 0 Å². The normalized spacial score (nSPS) is 11.1. The first kappa shape index (κ1) is 14.2. The van der Waals surface area contributed by atoms with E-state index in [9.17, 15) is 8.78 Å². The molecule has 2 aromatic heterocycles. The Morgan fingerprint density at radius 3 is 2.59 bits per heavy atom. The zero-order valence-corrected chi connectivity index (χ0v) is 11.9. The number of alkyl halides is 2. The van der Waals surface area contributed by atoms with Gasteiger partial charge in [0, 0.05) is 11.6 Å². The average molecular weight is 304 g/mol. The van der Waals surface area contributed by atoms with Crippen molar-refractivity contribution in [2.75, 3.05) is 14.2 Å². The maximum Gasteiger partial charge on any atom is 0.280 e. The highest BCUT2D eigenvalue weighted by molar-refractivity contribution is 5.66. The maximum absolute atomic E-state index is 13.2. The summed E-state index contributed by atoms with van der Waals surface area (Å²) in [6.07, 6.45) is -0.144. The zero-order chi connectivity index (χ0) is 15.7. The minimum Gasteiger partial charge on any atom is -0.493 e. The molecule has 1 radical (unpaired) electrons. The van der Waals surface area contributed by atoms with E-state index in [1.54, 1.807) is 18.2 Å². The molecular weight excluding hydrogens is 292 g/mol. The van der Waals surface area contributed by atoms with Gasteiger partial charge in [-0.1, -0.05) is 0 Å². The summed E-state index contributed by atoms with van der Waals surface area (Å²) < 4.78 is 37.8. The molecule has 0 saturated carbocycles. The molecule has 3 aromatic rings. The van der Waals surface area contributed by atoms with E-state index >= 15 is 0 Å². The van der Waals surface area contributed by atoms with Crippen LogP contribution in [0.4, 0.5) is 8.78 Å². The quantitative estimate of drug-likeness (QED) is 0.743. The van der Waals surface area contributed by atoms with Gasteiger partial charge in [0.15, 0.2) is 17.1 Å². The first-order valence-electron chi connectivity index (χ1n) is 6.41. The first-order chi connectivity index (χ1) is 10.6. The molecule has 5 nitrogen and oxygen atoms in total. The third-order valence-electron chi connectivity index (χ3n) is 3.24. The van der Waals surface area contributed by atoms with Crippen LogP contribution < -0.4 is 9.47 Å². The van der Waals surface area contributed by atoms with Crippen LogP contribution in [0.15, 0.2) is 30.3 Å². The van der Waals surface area contributed by atoms with Crippen molar-refractivity contribution >= 4 is 5.65 Å². The molecule has 0 N–H and O–H groups in total. The molecule has 0 atom stereocenters. The summed E-state index contributed by atoms with van der Waals surface area (Å²) >= 11 is 0. The van der Waals surface area contributed by atoms with Gasteiger partial charge >= 0.3 is 0 Å². The van der Waals surface area contributed by atoms with E-state index in [4.69, 9.17) is 9.47 Å². The van der Waals surface area contributed by atoms with Gasteiger partial charge in [0.1, 0.15) is 11.9 Å². The Morgan fingerprint density at radius 1 is 1.14 bits per heavy atom. The SMILES string of the molecule is COc1ccc(-c2cc(C(F)F)n3n[c]cc3n2)cc1OC. The van der Waals surface area contributed by atoms with Gasteiger partial charge in [0.2, 0.25) is 0 Å². The monoisotopic (exact) mass is 304 g/mol. The van der Waals surface area contributed by atoms with Crippen LogP contribution in [0.1, 0.15) is 12.1 Å². The summed E-state index contributed by atoms with van der Waals surface area (Å²) in [6, 6.07) is 7.88.